The zero-order valence-electron chi connectivity index (χ0n) is 10.5. The van der Waals surface area contributed by atoms with E-state index in [1.54, 1.807) is 34.6 Å². The van der Waals surface area contributed by atoms with E-state index in [0.717, 1.165) is 17.9 Å². The Morgan fingerprint density at radius 2 is 2.37 bits per heavy atom. The van der Waals surface area contributed by atoms with Crippen LogP contribution in [0.3, 0.4) is 0 Å². The van der Waals surface area contributed by atoms with Crippen LogP contribution in [-0.4, -0.2) is 50.5 Å². The quantitative estimate of drug-likeness (QED) is 0.754. The van der Waals surface area contributed by atoms with Gasteiger partial charge in [-0.1, -0.05) is 0 Å². The highest BCUT2D eigenvalue weighted by atomic mass is 79.9. The summed E-state index contributed by atoms with van der Waals surface area (Å²) in [5.74, 6) is 1.89. The van der Waals surface area contributed by atoms with Crippen molar-refractivity contribution in [2.45, 2.75) is 16.7 Å². The normalized spacial score (nSPS) is 20.3. The van der Waals surface area contributed by atoms with Gasteiger partial charge in [0.1, 0.15) is 4.21 Å². The third kappa shape index (κ3) is 3.54. The number of ether oxygens (including phenoxy) is 1. The summed E-state index contributed by atoms with van der Waals surface area (Å²) >= 11 is 6.37. The molecule has 108 valence electrons. The van der Waals surface area contributed by atoms with Crippen molar-refractivity contribution in [3.05, 3.63) is 15.9 Å². The second-order valence-corrected chi connectivity index (χ2v) is 9.19. The summed E-state index contributed by atoms with van der Waals surface area (Å²) in [6, 6.07) is 1.86. The molecule has 8 heteroatoms. The third-order valence-electron chi connectivity index (χ3n) is 2.96. The first-order valence-electron chi connectivity index (χ1n) is 5.89. The molecule has 1 unspecified atom stereocenters. The highest BCUT2D eigenvalue weighted by molar-refractivity contribution is 9.10. The first kappa shape index (κ1) is 15.8. The van der Waals surface area contributed by atoms with Gasteiger partial charge >= 0.3 is 0 Å². The molecule has 1 aliphatic rings. The Balaban J connectivity index is 2.28. The second kappa shape index (κ2) is 6.91. The van der Waals surface area contributed by atoms with Crippen molar-refractivity contribution in [2.75, 3.05) is 31.8 Å². The lowest BCUT2D eigenvalue weighted by Gasteiger charge is -2.26. The van der Waals surface area contributed by atoms with E-state index in [1.807, 2.05) is 0 Å². The van der Waals surface area contributed by atoms with E-state index in [0.29, 0.717) is 21.8 Å². The van der Waals surface area contributed by atoms with Gasteiger partial charge in [-0.25, -0.2) is 8.42 Å². The van der Waals surface area contributed by atoms with E-state index in [1.165, 1.54) is 11.3 Å². The molecule has 0 spiro atoms. The number of sulfonamides is 1. The molecule has 1 fully saturated rings. The molecule has 1 aromatic heterocycles. The molecule has 1 aliphatic heterocycles. The van der Waals surface area contributed by atoms with E-state index < -0.39 is 10.0 Å². The minimum atomic E-state index is -3.43. The Morgan fingerprint density at radius 1 is 1.58 bits per heavy atom. The maximum atomic E-state index is 12.7. The van der Waals surface area contributed by atoms with Crippen LogP contribution in [0.25, 0.3) is 0 Å². The fourth-order valence-electron chi connectivity index (χ4n) is 2.00. The van der Waals surface area contributed by atoms with Gasteiger partial charge in [-0.2, -0.15) is 16.1 Å². The second-order valence-electron chi connectivity index (χ2n) is 4.18. The zero-order chi connectivity index (χ0) is 13.9. The predicted molar refractivity (Wildman–Crippen MR) is 83.5 cm³/mol. The lowest BCUT2D eigenvalue weighted by molar-refractivity contribution is 0.169. The van der Waals surface area contributed by atoms with Crippen LogP contribution in [0, 0.1) is 0 Å². The summed E-state index contributed by atoms with van der Waals surface area (Å²) in [7, 11) is -1.84. The van der Waals surface area contributed by atoms with Crippen LogP contribution >= 0.6 is 39.0 Å². The molecule has 1 saturated heterocycles. The Kier molecular flexibility index (Phi) is 5.74. The van der Waals surface area contributed by atoms with Crippen molar-refractivity contribution in [1.29, 1.82) is 0 Å². The summed E-state index contributed by atoms with van der Waals surface area (Å²) in [6.45, 7) is 0.831. The SMILES string of the molecule is COCCN(C1CCSC1)S(=O)(=O)c1sccc1Br. The van der Waals surface area contributed by atoms with E-state index in [-0.39, 0.29) is 6.04 Å². The van der Waals surface area contributed by atoms with Gasteiger partial charge in [-0.15, -0.1) is 11.3 Å². The molecule has 19 heavy (non-hydrogen) atoms. The van der Waals surface area contributed by atoms with E-state index in [9.17, 15) is 8.42 Å². The average Bonchev–Trinajstić information content (AvgIpc) is 3.00. The predicted octanol–water partition coefficient (Wildman–Crippen LogP) is 2.65. The van der Waals surface area contributed by atoms with Gasteiger partial charge in [0.25, 0.3) is 10.0 Å². The van der Waals surface area contributed by atoms with Gasteiger partial charge in [0.05, 0.1) is 6.61 Å². The molecule has 0 saturated carbocycles. The summed E-state index contributed by atoms with van der Waals surface area (Å²) < 4.78 is 33.2. The largest absolute Gasteiger partial charge is 0.383 e. The van der Waals surface area contributed by atoms with Gasteiger partial charge in [-0.05, 0) is 39.6 Å². The van der Waals surface area contributed by atoms with Crippen LogP contribution in [0.2, 0.25) is 0 Å². The maximum Gasteiger partial charge on any atom is 0.254 e. The number of thiophene rings is 1. The number of hydrogen-bond donors (Lipinski definition) is 0. The molecular formula is C11H16BrNO3S3. The molecule has 0 radical (unpaired) electrons. The monoisotopic (exact) mass is 385 g/mol. The molecule has 4 nitrogen and oxygen atoms in total. The van der Waals surface area contributed by atoms with Crippen LogP contribution in [0.15, 0.2) is 20.1 Å². The first-order chi connectivity index (χ1) is 9.07. The number of methoxy groups -OCH3 is 1. The highest BCUT2D eigenvalue weighted by Crippen LogP contribution is 2.33. The number of thioether (sulfide) groups is 1. The van der Waals surface area contributed by atoms with E-state index in [2.05, 4.69) is 15.9 Å². The van der Waals surface area contributed by atoms with Gasteiger partial charge in [0.15, 0.2) is 0 Å². The summed E-state index contributed by atoms with van der Waals surface area (Å²) in [4.78, 5) is 0. The Morgan fingerprint density at radius 3 is 2.89 bits per heavy atom. The minimum absolute atomic E-state index is 0.0825. The van der Waals surface area contributed by atoms with Crippen LogP contribution < -0.4 is 0 Å². The zero-order valence-corrected chi connectivity index (χ0v) is 14.6. The molecule has 2 rings (SSSR count). The summed E-state index contributed by atoms with van der Waals surface area (Å²) in [6.07, 6.45) is 0.913. The molecule has 0 aliphatic carbocycles. The molecule has 0 aromatic carbocycles. The Labute approximate surface area is 130 Å². The van der Waals surface area contributed by atoms with Gasteiger partial charge in [0.2, 0.25) is 0 Å². The van der Waals surface area contributed by atoms with Crippen molar-refractivity contribution in [3.63, 3.8) is 0 Å². The van der Waals surface area contributed by atoms with Gasteiger partial charge < -0.3 is 4.74 Å². The van der Waals surface area contributed by atoms with Crippen LogP contribution in [0.4, 0.5) is 0 Å². The first-order valence-corrected chi connectivity index (χ1v) is 10.2. The molecule has 1 atom stereocenters. The van der Waals surface area contributed by atoms with Crippen LogP contribution in [0.1, 0.15) is 6.42 Å². The summed E-state index contributed by atoms with van der Waals surface area (Å²) in [5, 5.41) is 1.79. The van der Waals surface area contributed by atoms with Crippen LogP contribution in [0.5, 0.6) is 0 Å². The van der Waals surface area contributed by atoms with E-state index in [4.69, 9.17) is 4.74 Å². The third-order valence-corrected chi connectivity index (χ3v) is 8.70. The number of nitrogens with zero attached hydrogens (tertiary/aromatic N) is 1. The molecule has 1 aromatic rings. The lowest BCUT2D eigenvalue weighted by Crippen LogP contribution is -2.42. The van der Waals surface area contributed by atoms with Gasteiger partial charge in [0, 0.05) is 29.9 Å². The van der Waals surface area contributed by atoms with Crippen molar-refractivity contribution in [2.24, 2.45) is 0 Å². The van der Waals surface area contributed by atoms with Crippen molar-refractivity contribution in [1.82, 2.24) is 4.31 Å². The molecular weight excluding hydrogens is 370 g/mol. The Hall–Kier alpha value is 0.400. The van der Waals surface area contributed by atoms with Crippen molar-refractivity contribution in [3.8, 4) is 0 Å². The van der Waals surface area contributed by atoms with Crippen molar-refractivity contribution >= 4 is 49.1 Å². The fourth-order valence-corrected chi connectivity index (χ4v) is 7.38. The van der Waals surface area contributed by atoms with Gasteiger partial charge in [-0.3, -0.25) is 0 Å². The average molecular weight is 386 g/mol. The van der Waals surface area contributed by atoms with E-state index >= 15 is 0 Å². The highest BCUT2D eigenvalue weighted by Gasteiger charge is 2.35. The Bertz CT molecular complexity index is 511. The molecule has 0 amide bonds. The maximum absolute atomic E-state index is 12.7. The topological polar surface area (TPSA) is 46.6 Å². The van der Waals surface area contributed by atoms with Crippen molar-refractivity contribution < 1.29 is 13.2 Å². The number of hydrogen-bond acceptors (Lipinski definition) is 5. The minimum Gasteiger partial charge on any atom is -0.383 e. The molecule has 0 bridgehead atoms. The molecule has 0 N–H and O–H groups in total. The van der Waals surface area contributed by atoms with Crippen LogP contribution in [-0.2, 0) is 14.8 Å². The smallest absolute Gasteiger partial charge is 0.254 e. The molecule has 2 heterocycles. The number of rotatable bonds is 6. The summed E-state index contributed by atoms with van der Waals surface area (Å²) in [5.41, 5.74) is 0. The standard InChI is InChI=1S/C11H16BrNO3S3/c1-16-5-4-13(9-2-6-17-8-9)19(14,15)11-10(12)3-7-18-11/h3,7,9H,2,4-6,8H2,1H3. The lowest BCUT2D eigenvalue weighted by atomic mass is 10.3. The number of halogens is 1. The fraction of sp³-hybridized carbons (Fsp3) is 0.636.